The van der Waals surface area contributed by atoms with Crippen molar-refractivity contribution in [1.29, 1.82) is 0 Å². The van der Waals surface area contributed by atoms with Gasteiger partial charge in [0.15, 0.2) is 5.76 Å². The first-order chi connectivity index (χ1) is 12.0. The van der Waals surface area contributed by atoms with Gasteiger partial charge in [0.2, 0.25) is 0 Å². The van der Waals surface area contributed by atoms with E-state index < -0.39 is 0 Å². The highest BCUT2D eigenvalue weighted by molar-refractivity contribution is 6.31. The minimum atomic E-state index is -0.344. The van der Waals surface area contributed by atoms with Crippen LogP contribution in [0.3, 0.4) is 0 Å². The summed E-state index contributed by atoms with van der Waals surface area (Å²) in [6.45, 7) is 2.10. The maximum Gasteiger partial charge on any atom is 0.291 e. The van der Waals surface area contributed by atoms with E-state index in [4.69, 9.17) is 32.4 Å². The van der Waals surface area contributed by atoms with Gasteiger partial charge in [0.05, 0.1) is 0 Å². The van der Waals surface area contributed by atoms with Gasteiger partial charge in [-0.25, -0.2) is 0 Å². The van der Waals surface area contributed by atoms with Crippen LogP contribution in [0.2, 0.25) is 10.0 Å². The Morgan fingerprint density at radius 3 is 2.52 bits per heavy atom. The summed E-state index contributed by atoms with van der Waals surface area (Å²) in [5.41, 5.74) is 1.56. The molecule has 0 spiro atoms. The van der Waals surface area contributed by atoms with Crippen LogP contribution >= 0.6 is 23.2 Å². The van der Waals surface area contributed by atoms with E-state index in [1.807, 2.05) is 13.0 Å². The molecule has 1 N–H and O–H groups in total. The van der Waals surface area contributed by atoms with Crippen LogP contribution < -0.4 is 10.1 Å². The highest BCUT2D eigenvalue weighted by atomic mass is 35.5. The molecular formula is C19H15Cl2NO3. The van der Waals surface area contributed by atoms with E-state index in [2.05, 4.69) is 5.32 Å². The monoisotopic (exact) mass is 375 g/mol. The largest absolute Gasteiger partial charge is 0.486 e. The van der Waals surface area contributed by atoms with E-state index in [-0.39, 0.29) is 18.3 Å². The molecule has 0 bridgehead atoms. The summed E-state index contributed by atoms with van der Waals surface area (Å²) in [7, 11) is 0. The van der Waals surface area contributed by atoms with Crippen molar-refractivity contribution in [3.05, 3.63) is 81.7 Å². The van der Waals surface area contributed by atoms with Crippen molar-refractivity contribution in [2.24, 2.45) is 0 Å². The molecule has 2 aromatic carbocycles. The number of amides is 1. The minimum absolute atomic E-state index is 0.203. The highest BCUT2D eigenvalue weighted by Crippen LogP contribution is 2.22. The standard InChI is InChI=1S/C19H15Cl2NO3/c1-12-2-3-14(21)10-17(12)22-19(23)18-9-8-16(25-18)11-24-15-6-4-13(20)5-7-15/h2-10H,11H2,1H3,(H,22,23). The number of anilines is 1. The third-order valence-electron chi connectivity index (χ3n) is 3.53. The van der Waals surface area contributed by atoms with Crippen molar-refractivity contribution < 1.29 is 13.9 Å². The fraction of sp³-hybridized carbons (Fsp3) is 0.105. The van der Waals surface area contributed by atoms with Crippen LogP contribution in [0.15, 0.2) is 59.0 Å². The molecule has 0 aliphatic rings. The van der Waals surface area contributed by atoms with Crippen LogP contribution in [0.4, 0.5) is 5.69 Å². The molecule has 0 aliphatic carbocycles. The molecule has 4 nitrogen and oxygen atoms in total. The summed E-state index contributed by atoms with van der Waals surface area (Å²) in [4.78, 5) is 12.3. The summed E-state index contributed by atoms with van der Waals surface area (Å²) in [6, 6.07) is 15.6. The van der Waals surface area contributed by atoms with Gasteiger partial charge in [-0.15, -0.1) is 0 Å². The number of ether oxygens (including phenoxy) is 1. The van der Waals surface area contributed by atoms with E-state index in [0.717, 1.165) is 5.56 Å². The number of rotatable bonds is 5. The molecule has 0 saturated carbocycles. The van der Waals surface area contributed by atoms with Crippen molar-refractivity contribution in [2.45, 2.75) is 13.5 Å². The molecule has 0 radical (unpaired) electrons. The molecular weight excluding hydrogens is 361 g/mol. The van der Waals surface area contributed by atoms with Crippen molar-refractivity contribution >= 4 is 34.8 Å². The SMILES string of the molecule is Cc1ccc(Cl)cc1NC(=O)c1ccc(COc2ccc(Cl)cc2)o1. The summed E-state index contributed by atoms with van der Waals surface area (Å²) in [5, 5.41) is 3.98. The lowest BCUT2D eigenvalue weighted by molar-refractivity contribution is 0.0992. The fourth-order valence-corrected chi connectivity index (χ4v) is 2.47. The van der Waals surface area contributed by atoms with Gasteiger partial charge >= 0.3 is 0 Å². The average Bonchev–Trinajstić information content (AvgIpc) is 3.07. The van der Waals surface area contributed by atoms with Crippen LogP contribution in [-0.4, -0.2) is 5.91 Å². The number of hydrogen-bond donors (Lipinski definition) is 1. The molecule has 0 fully saturated rings. The lowest BCUT2D eigenvalue weighted by Crippen LogP contribution is -2.11. The van der Waals surface area contributed by atoms with Gasteiger partial charge in [-0.05, 0) is 61.0 Å². The topological polar surface area (TPSA) is 51.5 Å². The molecule has 6 heteroatoms. The van der Waals surface area contributed by atoms with Gasteiger partial charge in [0.1, 0.15) is 18.1 Å². The molecule has 0 aliphatic heterocycles. The van der Waals surface area contributed by atoms with Crippen LogP contribution in [0, 0.1) is 6.92 Å². The summed E-state index contributed by atoms with van der Waals surface area (Å²) in [6.07, 6.45) is 0. The lowest BCUT2D eigenvalue weighted by atomic mass is 10.2. The van der Waals surface area contributed by atoms with Crippen molar-refractivity contribution in [2.75, 3.05) is 5.32 Å². The van der Waals surface area contributed by atoms with Gasteiger partial charge in [-0.1, -0.05) is 29.3 Å². The Morgan fingerprint density at radius 1 is 1.04 bits per heavy atom. The first-order valence-electron chi connectivity index (χ1n) is 7.56. The Balaban J connectivity index is 1.63. The van der Waals surface area contributed by atoms with Crippen LogP contribution in [0.25, 0.3) is 0 Å². The second-order valence-corrected chi connectivity index (χ2v) is 6.29. The highest BCUT2D eigenvalue weighted by Gasteiger charge is 2.13. The zero-order valence-corrected chi connectivity index (χ0v) is 14.9. The zero-order valence-electron chi connectivity index (χ0n) is 13.4. The van der Waals surface area contributed by atoms with E-state index >= 15 is 0 Å². The van der Waals surface area contributed by atoms with Crippen molar-refractivity contribution in [3.63, 3.8) is 0 Å². The second-order valence-electron chi connectivity index (χ2n) is 5.42. The lowest BCUT2D eigenvalue weighted by Gasteiger charge is -2.07. The maximum atomic E-state index is 12.3. The molecule has 0 unspecified atom stereocenters. The Kier molecular flexibility index (Phi) is 5.31. The molecule has 3 aromatic rings. The van der Waals surface area contributed by atoms with E-state index in [9.17, 15) is 4.79 Å². The molecule has 0 saturated heterocycles. The van der Waals surface area contributed by atoms with Crippen LogP contribution in [0.1, 0.15) is 21.9 Å². The van der Waals surface area contributed by atoms with E-state index in [1.165, 1.54) is 0 Å². The fourth-order valence-electron chi connectivity index (χ4n) is 2.18. The third-order valence-corrected chi connectivity index (χ3v) is 4.02. The minimum Gasteiger partial charge on any atom is -0.486 e. The number of aryl methyl sites for hydroxylation is 1. The van der Waals surface area contributed by atoms with Gasteiger partial charge < -0.3 is 14.5 Å². The Morgan fingerprint density at radius 2 is 1.76 bits per heavy atom. The summed E-state index contributed by atoms with van der Waals surface area (Å²) >= 11 is 11.8. The summed E-state index contributed by atoms with van der Waals surface area (Å²) in [5.74, 6) is 1.07. The van der Waals surface area contributed by atoms with E-state index in [1.54, 1.807) is 48.5 Å². The summed E-state index contributed by atoms with van der Waals surface area (Å²) < 4.78 is 11.1. The quantitative estimate of drug-likeness (QED) is 0.619. The number of furan rings is 1. The maximum absolute atomic E-state index is 12.3. The predicted octanol–water partition coefficient (Wildman–Crippen LogP) is 5.73. The molecule has 0 atom stereocenters. The molecule has 25 heavy (non-hydrogen) atoms. The van der Waals surface area contributed by atoms with Crippen LogP contribution in [-0.2, 0) is 6.61 Å². The normalized spacial score (nSPS) is 10.5. The van der Waals surface area contributed by atoms with Gasteiger partial charge in [-0.2, -0.15) is 0 Å². The zero-order chi connectivity index (χ0) is 17.8. The number of benzene rings is 2. The van der Waals surface area contributed by atoms with Gasteiger partial charge in [0, 0.05) is 15.7 Å². The average molecular weight is 376 g/mol. The van der Waals surface area contributed by atoms with Gasteiger partial charge in [0.25, 0.3) is 5.91 Å². The molecule has 1 heterocycles. The Bertz CT molecular complexity index is 888. The molecule has 1 amide bonds. The number of carbonyl (C=O) groups excluding carboxylic acids is 1. The molecule has 3 rings (SSSR count). The number of hydrogen-bond acceptors (Lipinski definition) is 3. The predicted molar refractivity (Wildman–Crippen MR) is 98.6 cm³/mol. The second kappa shape index (κ2) is 7.64. The van der Waals surface area contributed by atoms with Crippen molar-refractivity contribution in [1.82, 2.24) is 0 Å². The van der Waals surface area contributed by atoms with Crippen LogP contribution in [0.5, 0.6) is 5.75 Å². The molecule has 1 aromatic heterocycles. The number of halogens is 2. The first-order valence-corrected chi connectivity index (χ1v) is 8.31. The number of carbonyl (C=O) groups is 1. The number of nitrogens with one attached hydrogen (secondary N) is 1. The smallest absolute Gasteiger partial charge is 0.291 e. The Hall–Kier alpha value is -2.43. The first kappa shape index (κ1) is 17.4. The van der Waals surface area contributed by atoms with Gasteiger partial charge in [-0.3, -0.25) is 4.79 Å². The van der Waals surface area contributed by atoms with E-state index in [0.29, 0.717) is 27.2 Å². The van der Waals surface area contributed by atoms with Crippen molar-refractivity contribution in [3.8, 4) is 5.75 Å². The molecule has 128 valence electrons. The Labute approximate surface area is 155 Å². The third kappa shape index (κ3) is 4.56.